The highest BCUT2D eigenvalue weighted by Gasteiger charge is 2.18. The molecule has 1 aliphatic heterocycles. The molecule has 0 amide bonds. The molecule has 4 rings (SSSR count). The molecule has 24 heavy (non-hydrogen) atoms. The summed E-state index contributed by atoms with van der Waals surface area (Å²) in [5.41, 5.74) is 9.51. The number of nitrogens with two attached hydrogens (primary N) is 1. The molecular formula is C20H22N3O+. The summed E-state index contributed by atoms with van der Waals surface area (Å²) in [7, 11) is 0. The fourth-order valence-corrected chi connectivity index (χ4v) is 2.82. The lowest BCUT2D eigenvalue weighted by atomic mass is 10.1. The third-order valence-electron chi connectivity index (χ3n) is 3.83. The minimum absolute atomic E-state index is 0.717. The number of aromatic amines is 1. The molecule has 0 radical (unpaired) electrons. The highest BCUT2D eigenvalue weighted by molar-refractivity contribution is 6.07. The zero-order chi connectivity index (χ0) is 17.1. The van der Waals surface area contributed by atoms with Gasteiger partial charge in [0.15, 0.2) is 0 Å². The molecule has 0 fully saturated rings. The number of aromatic nitrogens is 1. The van der Waals surface area contributed by atoms with E-state index in [-0.39, 0.29) is 0 Å². The molecule has 0 spiro atoms. The summed E-state index contributed by atoms with van der Waals surface area (Å²) in [6.45, 7) is 6.76. The lowest BCUT2D eigenvalue weighted by Gasteiger charge is -2.05. The Bertz CT molecular complexity index is 1030. The molecule has 1 aliphatic carbocycles. The van der Waals surface area contributed by atoms with Crippen LogP contribution >= 0.6 is 0 Å². The molecule has 122 valence electrons. The highest BCUT2D eigenvalue weighted by Crippen LogP contribution is 2.30. The van der Waals surface area contributed by atoms with Crippen LogP contribution in [-0.4, -0.2) is 6.54 Å². The summed E-state index contributed by atoms with van der Waals surface area (Å²) in [4.78, 5) is 7.86. The van der Waals surface area contributed by atoms with Crippen molar-refractivity contribution in [1.82, 2.24) is 0 Å². The quantitative estimate of drug-likeness (QED) is 0.327. The molecule has 0 bridgehead atoms. The minimum atomic E-state index is 0.717. The van der Waals surface area contributed by atoms with Crippen molar-refractivity contribution in [2.24, 2.45) is 4.99 Å². The third-order valence-corrected chi connectivity index (χ3v) is 3.83. The second-order valence-electron chi connectivity index (χ2n) is 5.27. The van der Waals surface area contributed by atoms with Crippen molar-refractivity contribution in [3.05, 3.63) is 53.9 Å². The largest absolute Gasteiger partial charge is 0.443 e. The summed E-state index contributed by atoms with van der Waals surface area (Å²) < 4.78 is 6.05. The van der Waals surface area contributed by atoms with Crippen LogP contribution in [0.2, 0.25) is 0 Å². The summed E-state index contributed by atoms with van der Waals surface area (Å²) in [5.74, 6) is 0.775. The monoisotopic (exact) mass is 320 g/mol. The van der Waals surface area contributed by atoms with Crippen LogP contribution in [0.5, 0.6) is 0 Å². The molecule has 2 aliphatic rings. The zero-order valence-electron chi connectivity index (χ0n) is 14.3. The van der Waals surface area contributed by atoms with Gasteiger partial charge in [-0.25, -0.2) is 0 Å². The molecular weight excluding hydrogens is 298 g/mol. The maximum absolute atomic E-state index is 6.15. The van der Waals surface area contributed by atoms with Gasteiger partial charge in [0, 0.05) is 35.8 Å². The van der Waals surface area contributed by atoms with Crippen LogP contribution in [0, 0.1) is 0 Å². The van der Waals surface area contributed by atoms with Crippen molar-refractivity contribution >= 4 is 27.6 Å². The van der Waals surface area contributed by atoms with Crippen LogP contribution in [0.1, 0.15) is 20.8 Å². The number of hydrogen-bond donors (Lipinski definition) is 1. The third kappa shape index (κ3) is 2.71. The van der Waals surface area contributed by atoms with Gasteiger partial charge in [-0.2, -0.15) is 4.98 Å². The Kier molecular flexibility index (Phi) is 4.47. The Labute approximate surface area is 141 Å². The van der Waals surface area contributed by atoms with Gasteiger partial charge < -0.3 is 10.2 Å². The van der Waals surface area contributed by atoms with Crippen molar-refractivity contribution in [3.8, 4) is 11.5 Å². The van der Waals surface area contributed by atoms with Gasteiger partial charge in [-0.15, -0.1) is 0 Å². The van der Waals surface area contributed by atoms with Gasteiger partial charge in [-0.3, -0.25) is 4.99 Å². The van der Waals surface area contributed by atoms with Gasteiger partial charge >= 0.3 is 0 Å². The molecule has 0 atom stereocenters. The molecule has 2 aromatic rings. The van der Waals surface area contributed by atoms with Crippen LogP contribution < -0.4 is 16.1 Å². The van der Waals surface area contributed by atoms with Crippen LogP contribution in [0.15, 0.2) is 57.9 Å². The van der Waals surface area contributed by atoms with E-state index in [9.17, 15) is 0 Å². The number of hydrogen-bond acceptors (Lipinski definition) is 3. The highest BCUT2D eigenvalue weighted by atomic mass is 16.3. The average Bonchev–Trinajstić information content (AvgIpc) is 2.63. The van der Waals surface area contributed by atoms with Gasteiger partial charge in [0.1, 0.15) is 0 Å². The number of fused-ring (bicyclic) bond motifs is 4. The van der Waals surface area contributed by atoms with Gasteiger partial charge in [0.05, 0.1) is 10.7 Å². The first-order chi connectivity index (χ1) is 11.8. The van der Waals surface area contributed by atoms with E-state index >= 15 is 0 Å². The second-order valence-corrected chi connectivity index (χ2v) is 5.27. The number of benzene rings is 3. The first-order valence-corrected chi connectivity index (χ1v) is 8.34. The number of nitrogens with one attached hydrogen (secondary N) is 1. The summed E-state index contributed by atoms with van der Waals surface area (Å²) in [6, 6.07) is 15.9. The van der Waals surface area contributed by atoms with E-state index in [2.05, 4.69) is 9.98 Å². The van der Waals surface area contributed by atoms with E-state index in [0.29, 0.717) is 5.69 Å². The minimum Gasteiger partial charge on any atom is -0.443 e. The SMILES string of the molecule is CC.CCN=c1ccc2[nH+]c3c(cc(N)c4ccccc43)oc-2c1. The van der Waals surface area contributed by atoms with Crippen molar-refractivity contribution in [2.45, 2.75) is 20.8 Å². The van der Waals surface area contributed by atoms with E-state index in [4.69, 9.17) is 10.2 Å². The smallest absolute Gasteiger partial charge is 0.255 e. The standard InChI is InChI=1S/C18H15N3O.C2H6/c1-2-20-11-7-8-15-16(9-11)22-17-10-14(19)12-5-3-4-6-13(12)18(17)21-15;1-2/h3-10H,2,19H2,1H3;1-2H3/p+1. The zero-order valence-corrected chi connectivity index (χ0v) is 14.3. The molecule has 4 nitrogen and oxygen atoms in total. The fraction of sp³-hybridized carbons (Fsp3) is 0.200. The van der Waals surface area contributed by atoms with E-state index < -0.39 is 0 Å². The van der Waals surface area contributed by atoms with Crippen molar-refractivity contribution in [3.63, 3.8) is 0 Å². The first kappa shape index (κ1) is 16.0. The topological polar surface area (TPSA) is 65.7 Å². The predicted octanol–water partition coefficient (Wildman–Crippen LogP) is 4.03. The molecule has 4 heteroatoms. The molecule has 0 aromatic heterocycles. The molecule has 3 N–H and O–H groups in total. The molecule has 0 saturated heterocycles. The number of nitrogens with zero attached hydrogens (tertiary/aromatic N) is 1. The van der Waals surface area contributed by atoms with E-state index in [1.807, 2.05) is 69.3 Å². The predicted molar refractivity (Wildman–Crippen MR) is 98.8 cm³/mol. The molecule has 0 saturated carbocycles. The Morgan fingerprint density at radius 2 is 1.79 bits per heavy atom. The van der Waals surface area contributed by atoms with Crippen LogP contribution in [0.4, 0.5) is 5.69 Å². The normalized spacial score (nSPS) is 11.7. The second kappa shape index (κ2) is 6.71. The van der Waals surface area contributed by atoms with Crippen molar-refractivity contribution in [1.29, 1.82) is 0 Å². The van der Waals surface area contributed by atoms with E-state index in [1.165, 1.54) is 0 Å². The van der Waals surface area contributed by atoms with Crippen molar-refractivity contribution in [2.75, 3.05) is 12.3 Å². The van der Waals surface area contributed by atoms with Crippen LogP contribution in [-0.2, 0) is 0 Å². The number of H-pyrrole nitrogens is 1. The van der Waals surface area contributed by atoms with Gasteiger partial charge in [-0.05, 0) is 19.1 Å². The Hall–Kier alpha value is -2.88. The van der Waals surface area contributed by atoms with Crippen LogP contribution in [0.3, 0.4) is 0 Å². The van der Waals surface area contributed by atoms with E-state index in [1.54, 1.807) is 0 Å². The van der Waals surface area contributed by atoms with Crippen LogP contribution in [0.25, 0.3) is 33.3 Å². The van der Waals surface area contributed by atoms with Gasteiger partial charge in [0.2, 0.25) is 17.0 Å². The van der Waals surface area contributed by atoms with E-state index in [0.717, 1.165) is 45.2 Å². The fourth-order valence-electron chi connectivity index (χ4n) is 2.82. The summed E-state index contributed by atoms with van der Waals surface area (Å²) in [6.07, 6.45) is 0. The molecule has 0 unspecified atom stereocenters. The first-order valence-electron chi connectivity index (χ1n) is 8.34. The summed E-state index contributed by atoms with van der Waals surface area (Å²) in [5, 5.41) is 3.00. The Morgan fingerprint density at radius 1 is 1.04 bits per heavy atom. The number of nitrogen functional groups attached to an aromatic ring is 1. The Morgan fingerprint density at radius 3 is 2.54 bits per heavy atom. The Balaban J connectivity index is 0.000000815. The maximum atomic E-state index is 6.15. The lowest BCUT2D eigenvalue weighted by molar-refractivity contribution is -0.332. The average molecular weight is 320 g/mol. The van der Waals surface area contributed by atoms with Gasteiger partial charge in [-0.1, -0.05) is 32.0 Å². The summed E-state index contributed by atoms with van der Waals surface area (Å²) >= 11 is 0. The van der Waals surface area contributed by atoms with Gasteiger partial charge in [0.25, 0.3) is 5.52 Å². The number of rotatable bonds is 1. The molecule has 1 heterocycles. The van der Waals surface area contributed by atoms with Crippen molar-refractivity contribution < 1.29 is 9.40 Å². The number of anilines is 1. The maximum Gasteiger partial charge on any atom is 0.255 e. The lowest BCUT2D eigenvalue weighted by Crippen LogP contribution is -2.13. The molecule has 2 aromatic carbocycles.